The van der Waals surface area contributed by atoms with Gasteiger partial charge in [-0.15, -0.1) is 0 Å². The van der Waals surface area contributed by atoms with Crippen LogP contribution in [0.25, 0.3) is 0 Å². The molecule has 0 aliphatic heterocycles. The zero-order valence-corrected chi connectivity index (χ0v) is 11.5. The number of aryl methyl sites for hydroxylation is 3. The van der Waals surface area contributed by atoms with Crippen molar-refractivity contribution in [3.05, 3.63) is 70.0 Å². The Bertz CT molecular complexity index is 593. The molecule has 0 aliphatic carbocycles. The molecule has 3 N–H and O–H groups in total. The van der Waals surface area contributed by atoms with Crippen molar-refractivity contribution in [2.45, 2.75) is 26.8 Å². The molecule has 3 heteroatoms. The van der Waals surface area contributed by atoms with E-state index in [4.69, 9.17) is 5.84 Å². The minimum absolute atomic E-state index is 0.126. The Kier molecular flexibility index (Phi) is 3.98. The van der Waals surface area contributed by atoms with Gasteiger partial charge in [0.1, 0.15) is 5.82 Å². The molecule has 0 spiro atoms. The number of halogens is 1. The summed E-state index contributed by atoms with van der Waals surface area (Å²) in [5, 5.41) is 0. The second-order valence-corrected chi connectivity index (χ2v) is 4.97. The predicted octanol–water partition coefficient (Wildman–Crippen LogP) is 3.30. The first-order valence-corrected chi connectivity index (χ1v) is 6.32. The van der Waals surface area contributed by atoms with E-state index in [2.05, 4.69) is 30.5 Å². The van der Waals surface area contributed by atoms with E-state index in [0.717, 1.165) is 16.7 Å². The number of rotatable bonds is 3. The lowest BCUT2D eigenvalue weighted by atomic mass is 9.93. The minimum atomic E-state index is -0.194. The fraction of sp³-hybridized carbons (Fsp3) is 0.250. The zero-order chi connectivity index (χ0) is 14.0. The van der Waals surface area contributed by atoms with Crippen molar-refractivity contribution in [2.24, 2.45) is 5.84 Å². The summed E-state index contributed by atoms with van der Waals surface area (Å²) in [6.07, 6.45) is 0. The molecule has 2 aromatic rings. The van der Waals surface area contributed by atoms with Crippen LogP contribution in [0.2, 0.25) is 0 Å². The van der Waals surface area contributed by atoms with Crippen molar-refractivity contribution < 1.29 is 4.39 Å². The van der Waals surface area contributed by atoms with Crippen molar-refractivity contribution >= 4 is 0 Å². The van der Waals surface area contributed by atoms with Gasteiger partial charge in [0, 0.05) is 0 Å². The molecule has 0 saturated carbocycles. The molecule has 0 aromatic heterocycles. The van der Waals surface area contributed by atoms with Gasteiger partial charge in [-0.1, -0.05) is 35.9 Å². The molecule has 2 rings (SSSR count). The summed E-state index contributed by atoms with van der Waals surface area (Å²) in [5.74, 6) is 5.51. The van der Waals surface area contributed by atoms with Gasteiger partial charge in [-0.25, -0.2) is 9.82 Å². The van der Waals surface area contributed by atoms with Gasteiger partial charge < -0.3 is 0 Å². The molecule has 2 aromatic carbocycles. The third kappa shape index (κ3) is 2.83. The minimum Gasteiger partial charge on any atom is -0.271 e. The van der Waals surface area contributed by atoms with Gasteiger partial charge in [-0.05, 0) is 49.1 Å². The summed E-state index contributed by atoms with van der Waals surface area (Å²) in [6.45, 7) is 5.86. The highest BCUT2D eigenvalue weighted by molar-refractivity contribution is 5.40. The normalized spacial score (nSPS) is 12.5. The lowest BCUT2D eigenvalue weighted by molar-refractivity contribution is 0.607. The largest absolute Gasteiger partial charge is 0.271 e. The quantitative estimate of drug-likeness (QED) is 0.655. The molecule has 0 radical (unpaired) electrons. The Balaban J connectivity index is 2.49. The third-order valence-electron chi connectivity index (χ3n) is 3.43. The van der Waals surface area contributed by atoms with Crippen LogP contribution in [0.5, 0.6) is 0 Å². The number of benzene rings is 2. The molecular formula is C16H19FN2. The van der Waals surface area contributed by atoms with Crippen molar-refractivity contribution in [2.75, 3.05) is 0 Å². The summed E-state index contributed by atoms with van der Waals surface area (Å²) < 4.78 is 13.4. The molecular weight excluding hydrogens is 239 g/mol. The highest BCUT2D eigenvalue weighted by atomic mass is 19.1. The molecule has 0 fully saturated rings. The van der Waals surface area contributed by atoms with E-state index in [-0.39, 0.29) is 11.9 Å². The molecule has 0 bridgehead atoms. The van der Waals surface area contributed by atoms with Crippen LogP contribution in [0.15, 0.2) is 36.4 Å². The molecule has 1 atom stereocenters. The van der Waals surface area contributed by atoms with E-state index in [1.165, 1.54) is 11.6 Å². The molecule has 19 heavy (non-hydrogen) atoms. The van der Waals surface area contributed by atoms with Crippen molar-refractivity contribution in [3.63, 3.8) is 0 Å². The maximum absolute atomic E-state index is 13.4. The zero-order valence-electron chi connectivity index (χ0n) is 11.5. The Morgan fingerprint density at radius 3 is 2.37 bits per heavy atom. The first-order valence-electron chi connectivity index (χ1n) is 6.32. The summed E-state index contributed by atoms with van der Waals surface area (Å²) >= 11 is 0. The van der Waals surface area contributed by atoms with E-state index in [9.17, 15) is 4.39 Å². The van der Waals surface area contributed by atoms with Gasteiger partial charge in [-0.3, -0.25) is 5.84 Å². The molecule has 1 unspecified atom stereocenters. The SMILES string of the molecule is Cc1ccc(C)c(C(NN)c2ccc(F)c(C)c2)c1. The maximum Gasteiger partial charge on any atom is 0.126 e. The first kappa shape index (κ1) is 13.7. The predicted molar refractivity (Wildman–Crippen MR) is 76.2 cm³/mol. The monoisotopic (exact) mass is 258 g/mol. The molecule has 0 aliphatic rings. The Hall–Kier alpha value is -1.71. The van der Waals surface area contributed by atoms with Crippen molar-refractivity contribution in [1.82, 2.24) is 5.43 Å². The Labute approximate surface area is 113 Å². The van der Waals surface area contributed by atoms with Crippen LogP contribution in [-0.2, 0) is 0 Å². The summed E-state index contributed by atoms with van der Waals surface area (Å²) in [5.41, 5.74) is 7.88. The molecule has 100 valence electrons. The van der Waals surface area contributed by atoms with E-state index >= 15 is 0 Å². The highest BCUT2D eigenvalue weighted by Gasteiger charge is 2.15. The van der Waals surface area contributed by atoms with Crippen LogP contribution < -0.4 is 11.3 Å². The average Bonchev–Trinajstić information content (AvgIpc) is 2.38. The summed E-state index contributed by atoms with van der Waals surface area (Å²) in [7, 11) is 0. The van der Waals surface area contributed by atoms with Gasteiger partial charge >= 0.3 is 0 Å². The fourth-order valence-corrected chi connectivity index (χ4v) is 2.28. The number of hydrazine groups is 1. The van der Waals surface area contributed by atoms with Gasteiger partial charge in [0.15, 0.2) is 0 Å². The number of hydrogen-bond donors (Lipinski definition) is 2. The topological polar surface area (TPSA) is 38.0 Å². The summed E-state index contributed by atoms with van der Waals surface area (Å²) in [6, 6.07) is 11.2. The second kappa shape index (κ2) is 5.51. The van der Waals surface area contributed by atoms with Crippen LogP contribution in [0.4, 0.5) is 4.39 Å². The number of nitrogens with one attached hydrogen (secondary N) is 1. The lowest BCUT2D eigenvalue weighted by Gasteiger charge is -2.20. The van der Waals surface area contributed by atoms with Gasteiger partial charge in [0.2, 0.25) is 0 Å². The maximum atomic E-state index is 13.4. The van der Waals surface area contributed by atoms with E-state index in [1.807, 2.05) is 13.0 Å². The van der Waals surface area contributed by atoms with E-state index in [0.29, 0.717) is 5.56 Å². The molecule has 0 heterocycles. The molecule has 0 amide bonds. The van der Waals surface area contributed by atoms with Crippen LogP contribution in [0.1, 0.15) is 33.9 Å². The lowest BCUT2D eigenvalue weighted by Crippen LogP contribution is -2.29. The van der Waals surface area contributed by atoms with Gasteiger partial charge in [-0.2, -0.15) is 0 Å². The van der Waals surface area contributed by atoms with Gasteiger partial charge in [0.25, 0.3) is 0 Å². The van der Waals surface area contributed by atoms with Gasteiger partial charge in [0.05, 0.1) is 6.04 Å². The Morgan fingerprint density at radius 2 is 1.74 bits per heavy atom. The van der Waals surface area contributed by atoms with Crippen molar-refractivity contribution in [1.29, 1.82) is 0 Å². The first-order chi connectivity index (χ1) is 9.02. The second-order valence-electron chi connectivity index (χ2n) is 4.97. The highest BCUT2D eigenvalue weighted by Crippen LogP contribution is 2.26. The number of hydrogen-bond acceptors (Lipinski definition) is 2. The van der Waals surface area contributed by atoms with Crippen LogP contribution in [-0.4, -0.2) is 0 Å². The van der Waals surface area contributed by atoms with Crippen LogP contribution in [0, 0.1) is 26.6 Å². The average molecular weight is 258 g/mol. The third-order valence-corrected chi connectivity index (χ3v) is 3.43. The molecule has 0 saturated heterocycles. The van der Waals surface area contributed by atoms with E-state index < -0.39 is 0 Å². The van der Waals surface area contributed by atoms with Crippen LogP contribution in [0.3, 0.4) is 0 Å². The Morgan fingerprint density at radius 1 is 1.00 bits per heavy atom. The standard InChI is InChI=1S/C16H19FN2/c1-10-4-5-11(2)14(8-10)16(19-18)13-6-7-15(17)12(3)9-13/h4-9,16,19H,18H2,1-3H3. The molecule has 2 nitrogen and oxygen atoms in total. The fourth-order valence-electron chi connectivity index (χ4n) is 2.28. The van der Waals surface area contributed by atoms with Crippen LogP contribution >= 0.6 is 0 Å². The van der Waals surface area contributed by atoms with E-state index in [1.54, 1.807) is 13.0 Å². The summed E-state index contributed by atoms with van der Waals surface area (Å²) in [4.78, 5) is 0. The number of nitrogens with two attached hydrogens (primary N) is 1. The smallest absolute Gasteiger partial charge is 0.126 e. The van der Waals surface area contributed by atoms with Crippen molar-refractivity contribution in [3.8, 4) is 0 Å².